The van der Waals surface area contributed by atoms with E-state index in [4.69, 9.17) is 4.74 Å². The van der Waals surface area contributed by atoms with E-state index in [0.717, 1.165) is 24.1 Å². The number of benzene rings is 1. The third kappa shape index (κ3) is 3.12. The molecule has 0 aliphatic carbocycles. The van der Waals surface area contributed by atoms with Gasteiger partial charge in [-0.1, -0.05) is 6.42 Å². The Labute approximate surface area is 141 Å². The summed E-state index contributed by atoms with van der Waals surface area (Å²) >= 11 is 0. The van der Waals surface area contributed by atoms with Gasteiger partial charge < -0.3 is 10.1 Å². The molecule has 6 heteroatoms. The maximum atomic E-state index is 12.6. The molecule has 24 heavy (non-hydrogen) atoms. The minimum atomic E-state index is -0.0694. The second-order valence-corrected chi connectivity index (χ2v) is 6.54. The number of hydrogen-bond donors (Lipinski definition) is 1. The topological polar surface area (TPSA) is 67.3 Å². The minimum Gasteiger partial charge on any atom is -0.378 e. The molecule has 0 radical (unpaired) electrons. The Hall–Kier alpha value is -2.05. The molecular weight excluding hydrogens is 304 g/mol. The Morgan fingerprint density at radius 1 is 1.08 bits per heavy atom. The zero-order chi connectivity index (χ0) is 16.4. The summed E-state index contributed by atoms with van der Waals surface area (Å²) in [5, 5.41) is 3.15. The molecule has 0 saturated carbocycles. The van der Waals surface area contributed by atoms with Crippen LogP contribution in [0.5, 0.6) is 0 Å². The van der Waals surface area contributed by atoms with E-state index >= 15 is 0 Å². The van der Waals surface area contributed by atoms with Crippen molar-refractivity contribution in [3.63, 3.8) is 0 Å². The van der Waals surface area contributed by atoms with Gasteiger partial charge in [0.1, 0.15) is 0 Å². The Bertz CT molecular complexity index is 730. The molecule has 0 unspecified atom stereocenters. The van der Waals surface area contributed by atoms with E-state index in [1.807, 2.05) is 6.07 Å². The van der Waals surface area contributed by atoms with Crippen molar-refractivity contribution >= 4 is 16.9 Å². The fourth-order valence-electron chi connectivity index (χ4n) is 3.65. The first-order chi connectivity index (χ1) is 11.8. The molecular formula is C18H22N4O2. The smallest absolute Gasteiger partial charge is 0.251 e. The molecule has 0 bridgehead atoms. The molecule has 1 amide bonds. The van der Waals surface area contributed by atoms with Crippen molar-refractivity contribution in [2.24, 2.45) is 0 Å². The lowest BCUT2D eigenvalue weighted by molar-refractivity contribution is 0.0900. The van der Waals surface area contributed by atoms with Crippen LogP contribution in [0.3, 0.4) is 0 Å². The quantitative estimate of drug-likeness (QED) is 0.928. The van der Waals surface area contributed by atoms with Crippen LogP contribution in [0.1, 0.15) is 29.6 Å². The minimum absolute atomic E-state index is 0.0492. The molecule has 2 aliphatic heterocycles. The van der Waals surface area contributed by atoms with Crippen LogP contribution in [0.2, 0.25) is 0 Å². The van der Waals surface area contributed by atoms with E-state index < -0.39 is 0 Å². The second kappa shape index (κ2) is 6.83. The lowest BCUT2D eigenvalue weighted by atomic mass is 10.0. The SMILES string of the molecule is O=C(N[C@H]1COC[C@@H]1N1CCCCC1)c1ccc2nccnc2c1. The number of nitrogens with zero attached hydrogens (tertiary/aromatic N) is 3. The summed E-state index contributed by atoms with van der Waals surface area (Å²) in [4.78, 5) is 23.6. The molecule has 2 atom stereocenters. The monoisotopic (exact) mass is 326 g/mol. The molecule has 4 rings (SSSR count). The highest BCUT2D eigenvalue weighted by Crippen LogP contribution is 2.19. The Morgan fingerprint density at radius 3 is 2.71 bits per heavy atom. The number of likely N-dealkylation sites (tertiary alicyclic amines) is 1. The molecule has 6 nitrogen and oxygen atoms in total. The van der Waals surface area contributed by atoms with Crippen LogP contribution in [0.25, 0.3) is 11.0 Å². The summed E-state index contributed by atoms with van der Waals surface area (Å²) in [6.07, 6.45) is 7.07. The van der Waals surface area contributed by atoms with Gasteiger partial charge in [0.05, 0.1) is 36.3 Å². The molecule has 2 saturated heterocycles. The van der Waals surface area contributed by atoms with Gasteiger partial charge in [0.25, 0.3) is 5.91 Å². The lowest BCUT2D eigenvalue weighted by Crippen LogP contribution is -2.52. The number of piperidine rings is 1. The molecule has 3 heterocycles. The van der Waals surface area contributed by atoms with Gasteiger partial charge in [0.2, 0.25) is 0 Å². The van der Waals surface area contributed by atoms with E-state index in [2.05, 4.69) is 20.2 Å². The average Bonchev–Trinajstić information content (AvgIpc) is 3.10. The third-order valence-corrected chi connectivity index (χ3v) is 4.96. The van der Waals surface area contributed by atoms with E-state index in [0.29, 0.717) is 18.8 Å². The molecule has 2 aliphatic rings. The maximum Gasteiger partial charge on any atom is 0.251 e. The third-order valence-electron chi connectivity index (χ3n) is 4.96. The summed E-state index contributed by atoms with van der Waals surface area (Å²) in [7, 11) is 0. The predicted molar refractivity (Wildman–Crippen MR) is 90.8 cm³/mol. The van der Waals surface area contributed by atoms with Crippen molar-refractivity contribution in [2.45, 2.75) is 31.3 Å². The first-order valence-corrected chi connectivity index (χ1v) is 8.65. The first-order valence-electron chi connectivity index (χ1n) is 8.65. The first kappa shape index (κ1) is 15.5. The van der Waals surface area contributed by atoms with E-state index in [9.17, 15) is 4.79 Å². The summed E-state index contributed by atoms with van der Waals surface area (Å²) in [6, 6.07) is 5.77. The number of aromatic nitrogens is 2. The normalized spacial score (nSPS) is 25.0. The average molecular weight is 326 g/mol. The number of ether oxygens (including phenoxy) is 1. The second-order valence-electron chi connectivity index (χ2n) is 6.54. The number of fused-ring (bicyclic) bond motifs is 1. The Balaban J connectivity index is 1.47. The van der Waals surface area contributed by atoms with Gasteiger partial charge in [-0.25, -0.2) is 0 Å². The van der Waals surface area contributed by atoms with Gasteiger partial charge in [0, 0.05) is 18.0 Å². The summed E-state index contributed by atoms with van der Waals surface area (Å²) in [5.74, 6) is -0.0694. The van der Waals surface area contributed by atoms with Gasteiger partial charge in [-0.3, -0.25) is 19.7 Å². The fraction of sp³-hybridized carbons (Fsp3) is 0.500. The van der Waals surface area contributed by atoms with Crippen molar-refractivity contribution in [1.82, 2.24) is 20.2 Å². The van der Waals surface area contributed by atoms with Gasteiger partial charge in [-0.15, -0.1) is 0 Å². The zero-order valence-corrected chi connectivity index (χ0v) is 13.6. The zero-order valence-electron chi connectivity index (χ0n) is 13.6. The van der Waals surface area contributed by atoms with Crippen LogP contribution >= 0.6 is 0 Å². The number of amides is 1. The van der Waals surface area contributed by atoms with Crippen LogP contribution in [-0.4, -0.2) is 59.2 Å². The lowest BCUT2D eigenvalue weighted by Gasteiger charge is -2.34. The molecule has 1 aromatic carbocycles. The van der Waals surface area contributed by atoms with Gasteiger partial charge in [-0.05, 0) is 44.1 Å². The molecule has 2 fully saturated rings. The molecule has 1 aromatic heterocycles. The number of hydrogen-bond acceptors (Lipinski definition) is 5. The number of carbonyl (C=O) groups is 1. The van der Waals surface area contributed by atoms with Crippen molar-refractivity contribution in [3.05, 3.63) is 36.2 Å². The summed E-state index contributed by atoms with van der Waals surface area (Å²) in [6.45, 7) is 3.49. The Morgan fingerprint density at radius 2 is 1.88 bits per heavy atom. The number of nitrogens with one attached hydrogen (secondary N) is 1. The highest BCUT2D eigenvalue weighted by molar-refractivity contribution is 5.97. The van der Waals surface area contributed by atoms with Crippen molar-refractivity contribution < 1.29 is 9.53 Å². The number of carbonyl (C=O) groups excluding carboxylic acids is 1. The maximum absolute atomic E-state index is 12.6. The highest BCUT2D eigenvalue weighted by Gasteiger charge is 2.34. The van der Waals surface area contributed by atoms with Crippen molar-refractivity contribution in [2.75, 3.05) is 26.3 Å². The van der Waals surface area contributed by atoms with Gasteiger partial charge in [0.15, 0.2) is 0 Å². The largest absolute Gasteiger partial charge is 0.378 e. The van der Waals surface area contributed by atoms with Crippen LogP contribution < -0.4 is 5.32 Å². The van der Waals surface area contributed by atoms with Crippen LogP contribution in [0.15, 0.2) is 30.6 Å². The van der Waals surface area contributed by atoms with Crippen LogP contribution in [-0.2, 0) is 4.74 Å². The van der Waals surface area contributed by atoms with Crippen LogP contribution in [0, 0.1) is 0 Å². The standard InChI is InChI=1S/C18H22N4O2/c23-18(13-4-5-14-15(10-13)20-7-6-19-14)21-16-11-24-12-17(16)22-8-2-1-3-9-22/h4-7,10,16-17H,1-3,8-9,11-12H2,(H,21,23)/t16-,17-/m0/s1. The fourth-order valence-corrected chi connectivity index (χ4v) is 3.65. The van der Waals surface area contributed by atoms with E-state index in [1.165, 1.54) is 19.3 Å². The highest BCUT2D eigenvalue weighted by atomic mass is 16.5. The van der Waals surface area contributed by atoms with E-state index in [-0.39, 0.29) is 18.0 Å². The van der Waals surface area contributed by atoms with Crippen molar-refractivity contribution in [1.29, 1.82) is 0 Å². The van der Waals surface area contributed by atoms with Crippen LogP contribution in [0.4, 0.5) is 0 Å². The number of rotatable bonds is 3. The molecule has 0 spiro atoms. The summed E-state index contributed by atoms with van der Waals surface area (Å²) in [5.41, 5.74) is 2.15. The molecule has 2 aromatic rings. The van der Waals surface area contributed by atoms with E-state index in [1.54, 1.807) is 24.5 Å². The van der Waals surface area contributed by atoms with Crippen molar-refractivity contribution in [3.8, 4) is 0 Å². The van der Waals surface area contributed by atoms with Gasteiger partial charge in [-0.2, -0.15) is 0 Å². The van der Waals surface area contributed by atoms with Gasteiger partial charge >= 0.3 is 0 Å². The molecule has 1 N–H and O–H groups in total. The Kier molecular flexibility index (Phi) is 4.40. The predicted octanol–water partition coefficient (Wildman–Crippen LogP) is 1.61. The summed E-state index contributed by atoms with van der Waals surface area (Å²) < 4.78 is 5.65. The molecule has 126 valence electrons.